The Kier molecular flexibility index (Phi) is 10.6. The van der Waals surface area contributed by atoms with E-state index in [-0.39, 0.29) is 5.60 Å². The Morgan fingerprint density at radius 1 is 0.867 bits per heavy atom. The van der Waals surface area contributed by atoms with Crippen molar-refractivity contribution in [1.82, 2.24) is 0 Å². The maximum absolute atomic E-state index is 11.2. The molecule has 0 amide bonds. The molecule has 4 nitrogen and oxygen atoms in total. The normalized spacial score (nSPS) is 12.1. The molecule has 0 aliphatic carbocycles. The van der Waals surface area contributed by atoms with Crippen molar-refractivity contribution < 1.29 is 19.4 Å². The highest BCUT2D eigenvalue weighted by molar-refractivity contribution is 5.73. The van der Waals surface area contributed by atoms with Crippen LogP contribution in [0.3, 0.4) is 0 Å². The van der Waals surface area contributed by atoms with Gasteiger partial charge in [-0.1, -0.05) is 31.4 Å². The van der Waals surface area contributed by atoms with Crippen molar-refractivity contribution in [3.8, 4) is 0 Å². The van der Waals surface area contributed by atoms with Crippen LogP contribution in [-0.4, -0.2) is 23.1 Å². The topological polar surface area (TPSA) is 63.6 Å². The van der Waals surface area contributed by atoms with Gasteiger partial charge in [0.2, 0.25) is 0 Å². The molecule has 170 valence electrons. The molecule has 0 aliphatic rings. The van der Waals surface area contributed by atoms with Crippen LogP contribution in [0.1, 0.15) is 101 Å². The number of carboxylic acids is 1. The molecule has 1 aromatic carbocycles. The van der Waals surface area contributed by atoms with E-state index < -0.39 is 11.4 Å². The number of carbonyl (C=O) groups excluding carboxylic acids is 1. The number of aliphatic carboxylic acids is 1. The van der Waals surface area contributed by atoms with Crippen LogP contribution in [-0.2, 0) is 27.2 Å². The molecule has 0 spiro atoms. The van der Waals surface area contributed by atoms with Crippen molar-refractivity contribution in [1.29, 1.82) is 0 Å². The molecule has 1 aromatic rings. The van der Waals surface area contributed by atoms with Gasteiger partial charge in [-0.3, -0.25) is 9.59 Å². The molecule has 0 fully saturated rings. The average molecular weight is 419 g/mol. The number of aryl methyl sites for hydroxylation is 2. The molecule has 30 heavy (non-hydrogen) atoms. The quantitative estimate of drug-likeness (QED) is 0.258. The van der Waals surface area contributed by atoms with Crippen LogP contribution in [0.4, 0.5) is 0 Å². The van der Waals surface area contributed by atoms with Crippen molar-refractivity contribution in [3.63, 3.8) is 0 Å². The number of carbonyl (C=O) groups is 2. The van der Waals surface area contributed by atoms with Crippen LogP contribution in [0.2, 0.25) is 0 Å². The standard InChI is InChI=1S/C26H42O4/c1-20-21(2)23(14-10-12-18-26(5,6)30-19-27)16-15-22(20)13-9-7-8-11-17-25(3,4)24(28)29/h15-16,19H,7-14,17-18H2,1-6H3,(H,28,29). The predicted molar refractivity (Wildman–Crippen MR) is 123 cm³/mol. The Morgan fingerprint density at radius 2 is 1.33 bits per heavy atom. The van der Waals surface area contributed by atoms with Gasteiger partial charge >= 0.3 is 5.97 Å². The van der Waals surface area contributed by atoms with Gasteiger partial charge in [-0.25, -0.2) is 0 Å². The third-order valence-corrected chi connectivity index (χ3v) is 6.43. The second kappa shape index (κ2) is 12.1. The Morgan fingerprint density at radius 3 is 1.83 bits per heavy atom. The van der Waals surface area contributed by atoms with E-state index in [4.69, 9.17) is 4.74 Å². The van der Waals surface area contributed by atoms with Crippen molar-refractivity contribution in [2.24, 2.45) is 5.41 Å². The van der Waals surface area contributed by atoms with Crippen LogP contribution in [0.25, 0.3) is 0 Å². The molecule has 0 aliphatic heterocycles. The first-order chi connectivity index (χ1) is 14.0. The smallest absolute Gasteiger partial charge is 0.309 e. The molecule has 0 bridgehead atoms. The van der Waals surface area contributed by atoms with E-state index >= 15 is 0 Å². The first-order valence-electron chi connectivity index (χ1n) is 11.4. The zero-order valence-electron chi connectivity index (χ0n) is 20.0. The summed E-state index contributed by atoms with van der Waals surface area (Å²) in [6.45, 7) is 12.5. The number of carboxylic acid groups (broad SMARTS) is 1. The molecule has 0 saturated heterocycles. The first kappa shape index (κ1) is 26.2. The van der Waals surface area contributed by atoms with Crippen molar-refractivity contribution in [2.75, 3.05) is 0 Å². The van der Waals surface area contributed by atoms with Gasteiger partial charge in [0.1, 0.15) is 5.60 Å². The number of ether oxygens (including phenoxy) is 1. The second-order valence-electron chi connectivity index (χ2n) is 9.92. The van der Waals surface area contributed by atoms with Crippen molar-refractivity contribution >= 4 is 12.4 Å². The molecular formula is C26H42O4. The molecule has 0 unspecified atom stereocenters. The van der Waals surface area contributed by atoms with E-state index in [1.807, 2.05) is 27.7 Å². The maximum Gasteiger partial charge on any atom is 0.309 e. The van der Waals surface area contributed by atoms with Gasteiger partial charge in [0.15, 0.2) is 0 Å². The zero-order chi connectivity index (χ0) is 22.8. The highest BCUT2D eigenvalue weighted by Crippen LogP contribution is 2.25. The fraction of sp³-hybridized carbons (Fsp3) is 0.692. The van der Waals surface area contributed by atoms with Crippen LogP contribution in [0.5, 0.6) is 0 Å². The summed E-state index contributed by atoms with van der Waals surface area (Å²) in [5.41, 5.74) is 4.67. The second-order valence-corrected chi connectivity index (χ2v) is 9.92. The van der Waals surface area contributed by atoms with Crippen LogP contribution in [0.15, 0.2) is 12.1 Å². The summed E-state index contributed by atoms with van der Waals surface area (Å²) in [5.74, 6) is -0.702. The van der Waals surface area contributed by atoms with Crippen molar-refractivity contribution in [3.05, 3.63) is 34.4 Å². The van der Waals surface area contributed by atoms with Crippen LogP contribution >= 0.6 is 0 Å². The van der Waals surface area contributed by atoms with Crippen molar-refractivity contribution in [2.45, 2.75) is 111 Å². The molecule has 0 heterocycles. The molecule has 0 saturated carbocycles. The van der Waals surface area contributed by atoms with Gasteiger partial charge < -0.3 is 9.84 Å². The lowest BCUT2D eigenvalue weighted by Gasteiger charge is -2.22. The van der Waals surface area contributed by atoms with Gasteiger partial charge in [-0.15, -0.1) is 0 Å². The lowest BCUT2D eigenvalue weighted by molar-refractivity contribution is -0.147. The van der Waals surface area contributed by atoms with Gasteiger partial charge in [0, 0.05) is 0 Å². The van der Waals surface area contributed by atoms with E-state index in [9.17, 15) is 14.7 Å². The molecule has 1 N–H and O–H groups in total. The van der Waals surface area contributed by atoms with E-state index in [2.05, 4.69) is 26.0 Å². The maximum atomic E-state index is 11.2. The van der Waals surface area contributed by atoms with Gasteiger partial charge in [-0.2, -0.15) is 0 Å². The molecule has 4 heteroatoms. The third-order valence-electron chi connectivity index (χ3n) is 6.43. The first-order valence-corrected chi connectivity index (χ1v) is 11.4. The van der Waals surface area contributed by atoms with E-state index in [1.54, 1.807) is 0 Å². The monoisotopic (exact) mass is 418 g/mol. The summed E-state index contributed by atoms with van der Waals surface area (Å²) < 4.78 is 5.12. The Balaban J connectivity index is 2.40. The summed E-state index contributed by atoms with van der Waals surface area (Å²) in [6, 6.07) is 4.56. The number of rotatable bonds is 15. The lowest BCUT2D eigenvalue weighted by Crippen LogP contribution is -2.23. The van der Waals surface area contributed by atoms with E-state index in [0.717, 1.165) is 64.2 Å². The summed E-state index contributed by atoms with van der Waals surface area (Å²) >= 11 is 0. The predicted octanol–water partition coefficient (Wildman–Crippen LogP) is 6.57. The minimum Gasteiger partial charge on any atom is -0.481 e. The lowest BCUT2D eigenvalue weighted by atomic mass is 9.87. The summed E-state index contributed by atoms with van der Waals surface area (Å²) in [4.78, 5) is 21.7. The summed E-state index contributed by atoms with van der Waals surface area (Å²) in [5, 5.41) is 9.18. The summed E-state index contributed by atoms with van der Waals surface area (Å²) in [7, 11) is 0. The number of hydrogen-bond donors (Lipinski definition) is 1. The fourth-order valence-electron chi connectivity index (χ4n) is 3.87. The highest BCUT2D eigenvalue weighted by atomic mass is 16.5. The van der Waals surface area contributed by atoms with Crippen LogP contribution in [0, 0.1) is 19.3 Å². The van der Waals surface area contributed by atoms with Gasteiger partial charge in [0.05, 0.1) is 5.41 Å². The molecule has 0 radical (unpaired) electrons. The van der Waals surface area contributed by atoms with Gasteiger partial charge in [0.25, 0.3) is 6.47 Å². The van der Waals surface area contributed by atoms with E-state index in [1.165, 1.54) is 22.3 Å². The number of hydrogen-bond acceptors (Lipinski definition) is 3. The summed E-state index contributed by atoms with van der Waals surface area (Å²) in [6.07, 6.45) is 10.3. The Labute approximate surface area is 183 Å². The van der Waals surface area contributed by atoms with Gasteiger partial charge in [-0.05, 0) is 109 Å². The number of benzene rings is 1. The third kappa shape index (κ3) is 8.89. The van der Waals surface area contributed by atoms with E-state index in [0.29, 0.717) is 6.47 Å². The fourth-order valence-corrected chi connectivity index (χ4v) is 3.87. The zero-order valence-corrected chi connectivity index (χ0v) is 20.0. The Hall–Kier alpha value is -1.84. The molecule has 0 atom stereocenters. The highest BCUT2D eigenvalue weighted by Gasteiger charge is 2.25. The molecular weight excluding hydrogens is 376 g/mol. The average Bonchev–Trinajstić information content (AvgIpc) is 2.66. The van der Waals surface area contributed by atoms with Crippen LogP contribution < -0.4 is 0 Å². The molecule has 0 aromatic heterocycles. The SMILES string of the molecule is Cc1c(CCCCCCC(C)(C)C(=O)O)ccc(CCCCC(C)(C)OC=O)c1C. The molecule has 1 rings (SSSR count). The minimum absolute atomic E-state index is 0.375. The number of unbranched alkanes of at least 4 members (excludes halogenated alkanes) is 4. The largest absolute Gasteiger partial charge is 0.481 e. The minimum atomic E-state index is -0.702. The Bertz CT molecular complexity index is 689.